The van der Waals surface area contributed by atoms with Gasteiger partial charge in [0.15, 0.2) is 11.2 Å². The Morgan fingerprint density at radius 1 is 1.24 bits per heavy atom. The lowest BCUT2D eigenvalue weighted by Gasteiger charge is -2.31. The minimum Gasteiger partial charge on any atom is -0.353 e. The van der Waals surface area contributed by atoms with Crippen molar-refractivity contribution in [3.63, 3.8) is 0 Å². The molecular weight excluding hydrogens is 366 g/mol. The average Bonchev–Trinajstić information content (AvgIpc) is 3.04. The molecule has 0 saturated carbocycles. The predicted octanol–water partition coefficient (Wildman–Crippen LogP) is 1.93. The van der Waals surface area contributed by atoms with Gasteiger partial charge in [-0.2, -0.15) is 9.97 Å². The normalized spacial score (nSPS) is 17.3. The lowest BCUT2D eigenvalue weighted by atomic mass is 10.1. The molecule has 0 spiro atoms. The first-order valence-corrected chi connectivity index (χ1v) is 10.2. The highest BCUT2D eigenvalue weighted by Crippen LogP contribution is 2.24. The largest absolute Gasteiger partial charge is 0.353 e. The first-order valence-electron chi connectivity index (χ1n) is 10.2. The number of hydrogen-bond donors (Lipinski definition) is 2. The molecule has 1 atom stereocenters. The van der Waals surface area contributed by atoms with Crippen molar-refractivity contribution in [3.8, 4) is 0 Å². The van der Waals surface area contributed by atoms with E-state index in [9.17, 15) is 4.79 Å². The van der Waals surface area contributed by atoms with E-state index in [1.165, 1.54) is 0 Å². The van der Waals surface area contributed by atoms with Crippen LogP contribution in [-0.4, -0.2) is 44.3 Å². The average molecular weight is 396 g/mol. The Labute approximate surface area is 170 Å². The van der Waals surface area contributed by atoms with E-state index in [2.05, 4.69) is 27.3 Å². The molecule has 1 aliphatic rings. The molecule has 3 N–H and O–H groups in total. The van der Waals surface area contributed by atoms with Gasteiger partial charge < -0.3 is 16.0 Å². The maximum atomic E-state index is 13.3. The summed E-state index contributed by atoms with van der Waals surface area (Å²) in [5.74, 6) is 1.30. The number of hydrogen-bond acceptors (Lipinski definition) is 6. The van der Waals surface area contributed by atoms with Gasteiger partial charge >= 0.3 is 0 Å². The zero-order valence-corrected chi connectivity index (χ0v) is 17.3. The molecule has 4 rings (SSSR count). The third-order valence-corrected chi connectivity index (χ3v) is 5.31. The Morgan fingerprint density at radius 3 is 2.69 bits per heavy atom. The maximum absolute atomic E-state index is 13.3. The molecule has 154 valence electrons. The number of nitrogens with one attached hydrogen (secondary N) is 1. The van der Waals surface area contributed by atoms with E-state index in [4.69, 9.17) is 10.7 Å². The number of aromatic nitrogens is 4. The van der Waals surface area contributed by atoms with Crippen molar-refractivity contribution >= 4 is 23.1 Å². The van der Waals surface area contributed by atoms with Crippen LogP contribution >= 0.6 is 0 Å². The van der Waals surface area contributed by atoms with Gasteiger partial charge in [-0.1, -0.05) is 30.3 Å². The molecular formula is C21H29N7O. The van der Waals surface area contributed by atoms with E-state index in [-0.39, 0.29) is 17.6 Å². The fraction of sp³-hybridized carbons (Fsp3) is 0.476. The molecule has 0 aliphatic carbocycles. The summed E-state index contributed by atoms with van der Waals surface area (Å²) < 4.78 is 3.56. The van der Waals surface area contributed by atoms with Crippen molar-refractivity contribution in [1.29, 1.82) is 0 Å². The van der Waals surface area contributed by atoms with Crippen molar-refractivity contribution in [2.45, 2.75) is 45.3 Å². The van der Waals surface area contributed by atoms with E-state index < -0.39 is 0 Å². The van der Waals surface area contributed by atoms with Crippen LogP contribution in [0.15, 0.2) is 35.1 Å². The minimum absolute atomic E-state index is 0.103. The van der Waals surface area contributed by atoms with Crippen LogP contribution < -0.4 is 21.5 Å². The van der Waals surface area contributed by atoms with Gasteiger partial charge in [0, 0.05) is 32.2 Å². The minimum atomic E-state index is -0.103. The maximum Gasteiger partial charge on any atom is 0.281 e. The Balaban J connectivity index is 1.89. The van der Waals surface area contributed by atoms with Crippen LogP contribution in [0.4, 0.5) is 11.9 Å². The summed E-state index contributed by atoms with van der Waals surface area (Å²) >= 11 is 0. The number of nitrogens with zero attached hydrogens (tertiary/aromatic N) is 5. The topological polar surface area (TPSA) is 94.0 Å². The number of fused-ring (bicyclic) bond motifs is 1. The van der Waals surface area contributed by atoms with Crippen LogP contribution in [0.1, 0.15) is 32.3 Å². The molecule has 0 bridgehead atoms. The molecule has 0 amide bonds. The highest BCUT2D eigenvalue weighted by atomic mass is 16.1. The molecule has 1 fully saturated rings. The van der Waals surface area contributed by atoms with E-state index in [0.717, 1.165) is 37.4 Å². The van der Waals surface area contributed by atoms with Gasteiger partial charge in [-0.25, -0.2) is 0 Å². The van der Waals surface area contributed by atoms with Crippen molar-refractivity contribution in [3.05, 3.63) is 46.2 Å². The molecule has 1 unspecified atom stereocenters. The zero-order chi connectivity index (χ0) is 20.5. The fourth-order valence-corrected chi connectivity index (χ4v) is 3.88. The SMILES string of the molecule is CC(C)Nc1nc2nc(N3CCCC(N)C3)n(Cc3ccccc3)c2c(=O)n1C. The molecule has 0 radical (unpaired) electrons. The van der Waals surface area contributed by atoms with E-state index >= 15 is 0 Å². The zero-order valence-electron chi connectivity index (χ0n) is 17.3. The van der Waals surface area contributed by atoms with E-state index in [1.807, 2.05) is 36.6 Å². The van der Waals surface area contributed by atoms with Crippen molar-refractivity contribution < 1.29 is 0 Å². The molecule has 8 heteroatoms. The quantitative estimate of drug-likeness (QED) is 0.686. The standard InChI is InChI=1S/C21H29N7O/c1-14(2)23-20-24-18-17(19(29)26(20)3)28(12-15-8-5-4-6-9-15)21(25-18)27-11-7-10-16(22)13-27/h4-6,8-9,14,16H,7,10-13,22H2,1-3H3,(H,23,24). The molecule has 3 heterocycles. The Morgan fingerprint density at radius 2 is 2.00 bits per heavy atom. The van der Waals surface area contributed by atoms with Crippen LogP contribution in [0.5, 0.6) is 0 Å². The molecule has 1 saturated heterocycles. The monoisotopic (exact) mass is 395 g/mol. The first kappa shape index (κ1) is 19.4. The van der Waals surface area contributed by atoms with Crippen LogP contribution in [0.25, 0.3) is 11.2 Å². The summed E-state index contributed by atoms with van der Waals surface area (Å²) in [6.45, 7) is 6.21. The Hall–Kier alpha value is -2.87. The summed E-state index contributed by atoms with van der Waals surface area (Å²) in [7, 11) is 1.75. The van der Waals surface area contributed by atoms with Crippen LogP contribution in [0.2, 0.25) is 0 Å². The fourth-order valence-electron chi connectivity index (χ4n) is 3.88. The van der Waals surface area contributed by atoms with Crippen molar-refractivity contribution in [2.75, 3.05) is 23.3 Å². The summed E-state index contributed by atoms with van der Waals surface area (Å²) in [5.41, 5.74) is 8.23. The van der Waals surface area contributed by atoms with Crippen LogP contribution in [0, 0.1) is 0 Å². The van der Waals surface area contributed by atoms with Gasteiger partial charge in [-0.3, -0.25) is 13.9 Å². The van der Waals surface area contributed by atoms with Gasteiger partial charge in [0.05, 0.1) is 6.54 Å². The molecule has 1 aliphatic heterocycles. The number of anilines is 2. The van der Waals surface area contributed by atoms with Crippen molar-refractivity contribution in [2.24, 2.45) is 12.8 Å². The Bertz CT molecular complexity index is 1050. The highest BCUT2D eigenvalue weighted by molar-refractivity contribution is 5.75. The number of nitrogens with two attached hydrogens (primary N) is 1. The second-order valence-corrected chi connectivity index (χ2v) is 8.10. The number of benzene rings is 1. The summed E-state index contributed by atoms with van der Waals surface area (Å²) in [6.07, 6.45) is 2.03. The van der Waals surface area contributed by atoms with Gasteiger partial charge in [-0.15, -0.1) is 0 Å². The molecule has 1 aromatic carbocycles. The number of rotatable bonds is 5. The Kier molecular flexibility index (Phi) is 5.27. The predicted molar refractivity (Wildman–Crippen MR) is 116 cm³/mol. The summed E-state index contributed by atoms with van der Waals surface area (Å²) in [5, 5.41) is 3.24. The van der Waals surface area contributed by atoms with Gasteiger partial charge in [0.1, 0.15) is 0 Å². The van der Waals surface area contributed by atoms with Gasteiger partial charge in [0.25, 0.3) is 5.56 Å². The third kappa shape index (κ3) is 3.85. The smallest absolute Gasteiger partial charge is 0.281 e. The first-order chi connectivity index (χ1) is 13.9. The number of piperidine rings is 1. The highest BCUT2D eigenvalue weighted by Gasteiger charge is 2.25. The second kappa shape index (κ2) is 7.87. The third-order valence-electron chi connectivity index (χ3n) is 5.31. The molecule has 29 heavy (non-hydrogen) atoms. The molecule has 8 nitrogen and oxygen atoms in total. The van der Waals surface area contributed by atoms with Gasteiger partial charge in [-0.05, 0) is 32.3 Å². The van der Waals surface area contributed by atoms with E-state index in [0.29, 0.717) is 23.7 Å². The summed E-state index contributed by atoms with van der Waals surface area (Å²) in [4.78, 5) is 24.9. The molecule has 3 aromatic rings. The van der Waals surface area contributed by atoms with E-state index in [1.54, 1.807) is 11.6 Å². The summed E-state index contributed by atoms with van der Waals surface area (Å²) in [6, 6.07) is 10.4. The number of imidazole rings is 1. The van der Waals surface area contributed by atoms with Crippen LogP contribution in [-0.2, 0) is 13.6 Å². The lowest BCUT2D eigenvalue weighted by molar-refractivity contribution is 0.495. The molecule has 2 aromatic heterocycles. The lowest BCUT2D eigenvalue weighted by Crippen LogP contribution is -2.44. The van der Waals surface area contributed by atoms with Crippen LogP contribution in [0.3, 0.4) is 0 Å². The van der Waals surface area contributed by atoms with Gasteiger partial charge in [0.2, 0.25) is 11.9 Å². The van der Waals surface area contributed by atoms with Crippen molar-refractivity contribution in [1.82, 2.24) is 19.1 Å². The second-order valence-electron chi connectivity index (χ2n) is 8.10.